The molecule has 0 bridgehead atoms. The normalized spacial score (nSPS) is 14.1. The molecule has 0 aromatic heterocycles. The average molecular weight is 173 g/mol. The summed E-state index contributed by atoms with van der Waals surface area (Å²) in [6.45, 7) is 5.27. The van der Waals surface area contributed by atoms with Gasteiger partial charge in [-0.1, -0.05) is 19.8 Å². The number of hydrogen-bond donors (Lipinski definition) is 0. The minimum atomic E-state index is -2.68. The predicted molar refractivity (Wildman–Crippen MR) is 47.5 cm³/mol. The van der Waals surface area contributed by atoms with Crippen LogP contribution in [0.25, 0.3) is 0 Å². The molecule has 0 saturated carbocycles. The highest BCUT2D eigenvalue weighted by Gasteiger charge is 2.32. The molecule has 0 N–H and O–H groups in total. The Morgan fingerprint density at radius 3 is 2.36 bits per heavy atom. The van der Waals surface area contributed by atoms with Gasteiger partial charge in [0.15, 0.2) is 0 Å². The molecule has 0 rings (SSSR count). The molecule has 0 aliphatic carbocycles. The summed E-state index contributed by atoms with van der Waals surface area (Å²) in [5.41, 5.74) is -0.303. The first kappa shape index (κ1) is 10.6. The fourth-order valence-electron chi connectivity index (χ4n) is 0.970. The second kappa shape index (κ2) is 4.50. The lowest BCUT2D eigenvalue weighted by Gasteiger charge is -2.16. The van der Waals surface area contributed by atoms with Crippen molar-refractivity contribution in [2.24, 2.45) is 0 Å². The van der Waals surface area contributed by atoms with Gasteiger partial charge in [-0.2, -0.15) is 5.26 Å². The summed E-state index contributed by atoms with van der Waals surface area (Å²) < 4.78 is 13.3. The molecule has 1 atom stereocenters. The van der Waals surface area contributed by atoms with Crippen LogP contribution in [0, 0.1) is 11.3 Å². The summed E-state index contributed by atoms with van der Waals surface area (Å²) >= 11 is 0. The Morgan fingerprint density at radius 2 is 2.09 bits per heavy atom. The van der Waals surface area contributed by atoms with E-state index >= 15 is 0 Å². The Morgan fingerprint density at radius 1 is 1.55 bits per heavy atom. The summed E-state index contributed by atoms with van der Waals surface area (Å²) in [6.07, 6.45) is 2.75. The van der Waals surface area contributed by atoms with E-state index in [1.165, 1.54) is 0 Å². The Balaban J connectivity index is 3.89. The zero-order valence-electron chi connectivity index (χ0n) is 7.52. The molecular weight excluding hydrogens is 157 g/mol. The van der Waals surface area contributed by atoms with Crippen LogP contribution in [0.1, 0.15) is 26.2 Å². The number of nitriles is 1. The molecule has 1 unspecified atom stereocenters. The summed E-state index contributed by atoms with van der Waals surface area (Å²) in [5, 5.41) is 8.63. The van der Waals surface area contributed by atoms with E-state index < -0.39 is 8.41 Å². The summed E-state index contributed by atoms with van der Waals surface area (Å²) in [7, 11) is -2.68. The van der Waals surface area contributed by atoms with Crippen LogP contribution in [0.3, 0.4) is 0 Å². The summed E-state index contributed by atoms with van der Waals surface area (Å²) in [6, 6.07) is 2.06. The smallest absolute Gasteiger partial charge is 0.257 e. The highest BCUT2D eigenvalue weighted by molar-refractivity contribution is 6.72. The maximum Gasteiger partial charge on any atom is 0.257 e. The van der Waals surface area contributed by atoms with Gasteiger partial charge < -0.3 is 4.11 Å². The minimum absolute atomic E-state index is 0.303. The van der Waals surface area contributed by atoms with Crippen LogP contribution in [-0.4, -0.2) is 8.41 Å². The molecule has 0 spiro atoms. The van der Waals surface area contributed by atoms with Crippen LogP contribution < -0.4 is 0 Å². The Kier molecular flexibility index (Phi) is 4.35. The lowest BCUT2D eigenvalue weighted by Crippen LogP contribution is -2.25. The third kappa shape index (κ3) is 4.15. The van der Waals surface area contributed by atoms with Gasteiger partial charge >= 0.3 is 0 Å². The second-order valence-corrected chi connectivity index (χ2v) is 7.21. The molecule has 0 fully saturated rings. The molecule has 0 aliphatic heterocycles. The number of unbranched alkanes of at least 4 members (excludes halogenated alkanes) is 1. The van der Waals surface area contributed by atoms with Crippen molar-refractivity contribution in [2.45, 2.75) is 44.8 Å². The Hall–Kier alpha value is -0.363. The van der Waals surface area contributed by atoms with Gasteiger partial charge in [-0.3, -0.25) is 0 Å². The van der Waals surface area contributed by atoms with Crippen molar-refractivity contribution in [3.05, 3.63) is 0 Å². The molecule has 3 heteroatoms. The van der Waals surface area contributed by atoms with Gasteiger partial charge in [-0.15, -0.1) is 0 Å². The largest absolute Gasteiger partial charge is 0.313 e. The molecule has 11 heavy (non-hydrogen) atoms. The molecule has 1 nitrogen and oxygen atoms in total. The fraction of sp³-hybridized carbons (Fsp3) is 0.875. The molecule has 0 aliphatic rings. The molecule has 0 saturated heterocycles. The SMILES string of the molecule is CCCCC(C#N)[Si](C)(C)F. The molecule has 0 radical (unpaired) electrons. The van der Waals surface area contributed by atoms with Crippen molar-refractivity contribution in [1.29, 1.82) is 5.26 Å². The van der Waals surface area contributed by atoms with Gasteiger partial charge in [0.1, 0.15) is 0 Å². The fourth-order valence-corrected chi connectivity index (χ4v) is 2.17. The van der Waals surface area contributed by atoms with Crippen molar-refractivity contribution < 1.29 is 4.11 Å². The maximum absolute atomic E-state index is 13.3. The topological polar surface area (TPSA) is 23.8 Å². The third-order valence-electron chi connectivity index (χ3n) is 1.83. The van der Waals surface area contributed by atoms with E-state index in [0.29, 0.717) is 0 Å². The van der Waals surface area contributed by atoms with Crippen LogP contribution in [0.4, 0.5) is 4.11 Å². The molecule has 0 heterocycles. The maximum atomic E-state index is 13.3. The summed E-state index contributed by atoms with van der Waals surface area (Å²) in [4.78, 5) is 0. The predicted octanol–water partition coefficient (Wildman–Crippen LogP) is 3.24. The van der Waals surface area contributed by atoms with E-state index in [9.17, 15) is 4.11 Å². The van der Waals surface area contributed by atoms with Crippen molar-refractivity contribution in [3.8, 4) is 6.07 Å². The molecule has 0 aromatic carbocycles. The number of hydrogen-bond acceptors (Lipinski definition) is 1. The standard InChI is InChI=1S/C8H16FNSi/c1-4-5-6-8(7-10)11(2,3)9/h8H,4-6H2,1-3H3. The number of halogens is 1. The van der Waals surface area contributed by atoms with Gasteiger partial charge in [-0.25, -0.2) is 0 Å². The minimum Gasteiger partial charge on any atom is -0.313 e. The van der Waals surface area contributed by atoms with Crippen LogP contribution in [0.5, 0.6) is 0 Å². The first-order valence-electron chi connectivity index (χ1n) is 4.11. The molecular formula is C8H16FNSi. The second-order valence-electron chi connectivity index (χ2n) is 3.39. The van der Waals surface area contributed by atoms with Crippen molar-refractivity contribution in [2.75, 3.05) is 0 Å². The van der Waals surface area contributed by atoms with Crippen LogP contribution >= 0.6 is 0 Å². The Bertz CT molecular complexity index is 145. The molecule has 64 valence electrons. The van der Waals surface area contributed by atoms with Crippen LogP contribution in [0.15, 0.2) is 0 Å². The summed E-state index contributed by atoms with van der Waals surface area (Å²) in [5.74, 6) is 0. The van der Waals surface area contributed by atoms with E-state index in [2.05, 4.69) is 13.0 Å². The quantitative estimate of drug-likeness (QED) is 0.473. The number of nitrogens with zero attached hydrogens (tertiary/aromatic N) is 1. The zero-order valence-corrected chi connectivity index (χ0v) is 8.52. The van der Waals surface area contributed by atoms with Gasteiger partial charge in [0.2, 0.25) is 0 Å². The van der Waals surface area contributed by atoms with Crippen molar-refractivity contribution in [3.63, 3.8) is 0 Å². The van der Waals surface area contributed by atoms with E-state index in [4.69, 9.17) is 5.26 Å². The van der Waals surface area contributed by atoms with Gasteiger partial charge in [0, 0.05) is 0 Å². The lowest BCUT2D eigenvalue weighted by atomic mass is 10.2. The van der Waals surface area contributed by atoms with Gasteiger partial charge in [0.05, 0.1) is 11.6 Å². The zero-order chi connectivity index (χ0) is 8.91. The third-order valence-corrected chi connectivity index (χ3v) is 3.91. The highest BCUT2D eigenvalue weighted by Crippen LogP contribution is 2.27. The van der Waals surface area contributed by atoms with E-state index in [0.717, 1.165) is 19.3 Å². The Labute approximate surface area is 69.4 Å². The van der Waals surface area contributed by atoms with Crippen molar-refractivity contribution >= 4 is 8.41 Å². The molecule has 0 aromatic rings. The lowest BCUT2D eigenvalue weighted by molar-refractivity contribution is 0.671. The van der Waals surface area contributed by atoms with Crippen LogP contribution in [-0.2, 0) is 0 Å². The number of rotatable bonds is 4. The van der Waals surface area contributed by atoms with E-state index in [1.807, 2.05) is 0 Å². The average Bonchev–Trinajstić information content (AvgIpc) is 1.87. The highest BCUT2D eigenvalue weighted by atomic mass is 28.4. The van der Waals surface area contributed by atoms with Gasteiger partial charge in [0.25, 0.3) is 8.41 Å². The van der Waals surface area contributed by atoms with Crippen LogP contribution in [0.2, 0.25) is 18.6 Å². The van der Waals surface area contributed by atoms with Gasteiger partial charge in [-0.05, 0) is 19.5 Å². The molecule has 0 amide bonds. The monoisotopic (exact) mass is 173 g/mol. The first-order valence-corrected chi connectivity index (χ1v) is 7.06. The van der Waals surface area contributed by atoms with E-state index in [1.54, 1.807) is 13.1 Å². The van der Waals surface area contributed by atoms with Crippen molar-refractivity contribution in [1.82, 2.24) is 0 Å². The first-order chi connectivity index (χ1) is 5.02. The van der Waals surface area contributed by atoms with E-state index in [-0.39, 0.29) is 5.54 Å².